The normalized spacial score (nSPS) is 37.1. The molecule has 4 heterocycles. The van der Waals surface area contributed by atoms with Gasteiger partial charge < -0.3 is 24.2 Å². The van der Waals surface area contributed by atoms with Crippen molar-refractivity contribution in [3.8, 4) is 0 Å². The van der Waals surface area contributed by atoms with E-state index in [1.165, 1.54) is 5.57 Å². The van der Waals surface area contributed by atoms with Gasteiger partial charge in [0.1, 0.15) is 11.6 Å². The number of hydrogen-bond acceptors (Lipinski definition) is 10. The molecule has 10 heteroatoms. The van der Waals surface area contributed by atoms with Gasteiger partial charge in [0.25, 0.3) is 0 Å². The molecule has 0 aromatic carbocycles. The van der Waals surface area contributed by atoms with Gasteiger partial charge in [-0.05, 0) is 73.3 Å². The molecule has 0 spiro atoms. The topological polar surface area (TPSA) is 91.3 Å². The van der Waals surface area contributed by atoms with Crippen molar-refractivity contribution in [2.75, 3.05) is 100 Å². The largest absolute Gasteiger partial charge is 0.378 e. The number of carbonyl (C=O) groups is 2. The molecule has 0 amide bonds. The minimum Gasteiger partial charge on any atom is -0.378 e. The molecular formula is C38H54N6O4. The van der Waals surface area contributed by atoms with E-state index in [0.717, 1.165) is 115 Å². The van der Waals surface area contributed by atoms with Crippen molar-refractivity contribution in [2.45, 2.75) is 52.9 Å². The average molecular weight is 659 g/mol. The van der Waals surface area contributed by atoms with Crippen LogP contribution in [0, 0.1) is 40.4 Å². The summed E-state index contributed by atoms with van der Waals surface area (Å²) in [6, 6.07) is 2.15. The molecule has 1 aromatic heterocycles. The number of rotatable bonds is 6. The molecule has 0 radical (unpaired) electrons. The summed E-state index contributed by atoms with van der Waals surface area (Å²) in [7, 11) is 0. The van der Waals surface area contributed by atoms with Crippen LogP contribution < -0.4 is 14.7 Å². The molecule has 3 saturated heterocycles. The van der Waals surface area contributed by atoms with Crippen molar-refractivity contribution in [1.29, 1.82) is 0 Å². The molecule has 1 aromatic rings. The zero-order valence-electron chi connectivity index (χ0n) is 29.2. The van der Waals surface area contributed by atoms with E-state index in [4.69, 9.17) is 19.4 Å². The maximum Gasteiger partial charge on any atom is 0.229 e. The van der Waals surface area contributed by atoms with Crippen LogP contribution in [0.25, 0.3) is 0 Å². The standard InChI is InChI=1S/C38H54N6O4/c1-26-22-31-29-5-4-27-23-28(45)6-8-37(27,2)30(29)7-9-38(31,3)35(26)32(46)25-41-10-12-42(13-11-41)33-24-34(43-14-18-47-19-15-43)40-36(39-33)44-16-20-48-21-17-44/h6,8,23-24,26,29-31,35H,4-5,7,9-22,25H2,1-3H3/t26?,29-,30+,31+,35-,37+,38+/m1/s1. The monoisotopic (exact) mass is 658 g/mol. The summed E-state index contributed by atoms with van der Waals surface area (Å²) in [5, 5.41) is 0. The number of piperazine rings is 1. The van der Waals surface area contributed by atoms with Gasteiger partial charge in [0.2, 0.25) is 5.95 Å². The van der Waals surface area contributed by atoms with E-state index in [1.54, 1.807) is 6.08 Å². The molecule has 1 unspecified atom stereocenters. The minimum atomic E-state index is -0.00124. The van der Waals surface area contributed by atoms with Gasteiger partial charge >= 0.3 is 0 Å². The van der Waals surface area contributed by atoms with Crippen molar-refractivity contribution in [1.82, 2.24) is 14.9 Å². The van der Waals surface area contributed by atoms with E-state index in [9.17, 15) is 9.59 Å². The van der Waals surface area contributed by atoms with E-state index in [2.05, 4.69) is 52.5 Å². The molecule has 260 valence electrons. The molecule has 7 aliphatic rings. The maximum absolute atomic E-state index is 14.3. The molecular weight excluding hydrogens is 604 g/mol. The molecule has 6 fully saturated rings. The smallest absolute Gasteiger partial charge is 0.229 e. The number of ether oxygens (including phenoxy) is 2. The Bertz CT molecular complexity index is 1420. The third-order valence-corrected chi connectivity index (χ3v) is 13.6. The Kier molecular flexibility index (Phi) is 8.65. The number of anilines is 3. The first-order valence-electron chi connectivity index (χ1n) is 18.7. The van der Waals surface area contributed by atoms with Crippen molar-refractivity contribution < 1.29 is 19.1 Å². The van der Waals surface area contributed by atoms with Crippen LogP contribution in [-0.4, -0.2) is 112 Å². The number of nitrogens with zero attached hydrogens (tertiary/aromatic N) is 6. The molecule has 48 heavy (non-hydrogen) atoms. The Labute approximate surface area is 285 Å². The molecule has 4 aliphatic carbocycles. The highest BCUT2D eigenvalue weighted by Gasteiger charge is 2.61. The highest BCUT2D eigenvalue weighted by atomic mass is 16.5. The van der Waals surface area contributed by atoms with Crippen LogP contribution >= 0.6 is 0 Å². The molecule has 0 N–H and O–H groups in total. The summed E-state index contributed by atoms with van der Waals surface area (Å²) in [5.74, 6) is 5.67. The average Bonchev–Trinajstić information content (AvgIpc) is 3.39. The molecule has 7 atom stereocenters. The quantitative estimate of drug-likeness (QED) is 0.447. The summed E-state index contributed by atoms with van der Waals surface area (Å²) in [6.07, 6.45) is 11.5. The van der Waals surface area contributed by atoms with Gasteiger partial charge in [-0.25, -0.2) is 0 Å². The molecule has 0 bridgehead atoms. The van der Waals surface area contributed by atoms with Crippen molar-refractivity contribution in [3.63, 3.8) is 0 Å². The van der Waals surface area contributed by atoms with Gasteiger partial charge in [-0.2, -0.15) is 9.97 Å². The van der Waals surface area contributed by atoms with E-state index in [-0.39, 0.29) is 22.5 Å². The lowest BCUT2D eigenvalue weighted by molar-refractivity contribution is -0.132. The number of allylic oxidation sites excluding steroid dienone is 4. The summed E-state index contributed by atoms with van der Waals surface area (Å²) in [6.45, 7) is 17.3. The summed E-state index contributed by atoms with van der Waals surface area (Å²) >= 11 is 0. The second-order valence-electron chi connectivity index (χ2n) is 16.2. The molecule has 3 aliphatic heterocycles. The van der Waals surface area contributed by atoms with Crippen LogP contribution in [0.4, 0.5) is 17.6 Å². The minimum absolute atomic E-state index is 0.00124. The second-order valence-corrected chi connectivity index (χ2v) is 16.2. The lowest BCUT2D eigenvalue weighted by Crippen LogP contribution is -2.52. The fraction of sp³-hybridized carbons (Fsp3) is 0.737. The summed E-state index contributed by atoms with van der Waals surface area (Å²) < 4.78 is 11.2. The Hall–Kier alpha value is -2.82. The van der Waals surface area contributed by atoms with Crippen LogP contribution in [0.5, 0.6) is 0 Å². The second kappa shape index (κ2) is 12.8. The number of Topliss-reactive ketones (excluding diaryl/α,β-unsaturated/α-hetero) is 1. The fourth-order valence-corrected chi connectivity index (χ4v) is 11.1. The lowest BCUT2D eigenvalue weighted by Gasteiger charge is -2.57. The SMILES string of the molecule is CC1C[C@H]2[C@@H]3CCC4=CC(=O)C=C[C@]4(C)[C@H]3CC[C@]2(C)[C@H]1C(=O)CN1CCN(c2cc(N3CCOCC3)nc(N3CCOCC3)n2)CC1. The number of carbonyl (C=O) groups excluding carboxylic acids is 2. The third kappa shape index (κ3) is 5.69. The van der Waals surface area contributed by atoms with Crippen LogP contribution in [0.2, 0.25) is 0 Å². The Balaban J connectivity index is 0.931. The van der Waals surface area contributed by atoms with Crippen molar-refractivity contribution in [2.24, 2.45) is 40.4 Å². The van der Waals surface area contributed by atoms with E-state index in [0.29, 0.717) is 49.2 Å². The first-order chi connectivity index (χ1) is 23.2. The van der Waals surface area contributed by atoms with Crippen LogP contribution in [-0.2, 0) is 19.1 Å². The van der Waals surface area contributed by atoms with Gasteiger partial charge in [0.05, 0.1) is 33.0 Å². The van der Waals surface area contributed by atoms with Crippen LogP contribution in [0.15, 0.2) is 29.9 Å². The van der Waals surface area contributed by atoms with Crippen LogP contribution in [0.3, 0.4) is 0 Å². The lowest BCUT2D eigenvalue weighted by atomic mass is 9.47. The number of morpholine rings is 2. The number of aromatic nitrogens is 2. The van der Waals surface area contributed by atoms with Gasteiger partial charge in [-0.1, -0.05) is 32.4 Å². The predicted molar refractivity (Wildman–Crippen MR) is 186 cm³/mol. The predicted octanol–water partition coefficient (Wildman–Crippen LogP) is 4.01. The maximum atomic E-state index is 14.3. The van der Waals surface area contributed by atoms with E-state index >= 15 is 0 Å². The summed E-state index contributed by atoms with van der Waals surface area (Å²) in [5.41, 5.74) is 1.41. The van der Waals surface area contributed by atoms with E-state index in [1.807, 2.05) is 6.08 Å². The Morgan fingerprint density at radius 3 is 2.21 bits per heavy atom. The number of hydrogen-bond donors (Lipinski definition) is 0. The molecule has 8 rings (SSSR count). The van der Waals surface area contributed by atoms with Gasteiger partial charge in [0, 0.05) is 69.8 Å². The fourth-order valence-electron chi connectivity index (χ4n) is 11.1. The van der Waals surface area contributed by atoms with E-state index < -0.39 is 0 Å². The van der Waals surface area contributed by atoms with Gasteiger partial charge in [-0.3, -0.25) is 14.5 Å². The van der Waals surface area contributed by atoms with Crippen LogP contribution in [0.1, 0.15) is 52.9 Å². The van der Waals surface area contributed by atoms with Gasteiger partial charge in [-0.15, -0.1) is 0 Å². The Morgan fingerprint density at radius 1 is 0.875 bits per heavy atom. The number of ketones is 2. The zero-order chi connectivity index (χ0) is 33.0. The summed E-state index contributed by atoms with van der Waals surface area (Å²) in [4.78, 5) is 45.9. The molecule has 3 saturated carbocycles. The highest BCUT2D eigenvalue weighted by molar-refractivity contribution is 6.01. The van der Waals surface area contributed by atoms with Crippen molar-refractivity contribution in [3.05, 3.63) is 29.9 Å². The van der Waals surface area contributed by atoms with Crippen molar-refractivity contribution >= 4 is 29.2 Å². The molecule has 10 nitrogen and oxygen atoms in total. The first-order valence-corrected chi connectivity index (χ1v) is 18.7. The highest BCUT2D eigenvalue weighted by Crippen LogP contribution is 2.67. The zero-order valence-corrected chi connectivity index (χ0v) is 29.2. The first kappa shape index (κ1) is 32.4. The Morgan fingerprint density at radius 2 is 1.52 bits per heavy atom. The third-order valence-electron chi connectivity index (χ3n) is 13.6. The van der Waals surface area contributed by atoms with Gasteiger partial charge in [0.15, 0.2) is 11.6 Å². The number of fused-ring (bicyclic) bond motifs is 5.